The highest BCUT2D eigenvalue weighted by atomic mass is 35.5. The van der Waals surface area contributed by atoms with E-state index in [0.717, 1.165) is 6.07 Å². The van der Waals surface area contributed by atoms with Crippen molar-refractivity contribution in [2.45, 2.75) is 6.92 Å². The third kappa shape index (κ3) is 2.24. The second-order valence-corrected chi connectivity index (χ2v) is 4.25. The Labute approximate surface area is 103 Å². The first-order valence-corrected chi connectivity index (χ1v) is 5.38. The summed E-state index contributed by atoms with van der Waals surface area (Å²) in [5.74, 6) is -1.21. The molecule has 2 aromatic rings. The number of rotatable bonds is 1. The molecule has 1 nitrogen and oxygen atoms in total. The lowest BCUT2D eigenvalue weighted by atomic mass is 10.0. The van der Waals surface area contributed by atoms with Gasteiger partial charge in [-0.1, -0.05) is 17.7 Å². The molecule has 0 aromatic heterocycles. The fourth-order valence-corrected chi connectivity index (χ4v) is 1.82. The second kappa shape index (κ2) is 4.34. The first kappa shape index (κ1) is 11.9. The molecule has 0 spiro atoms. The van der Waals surface area contributed by atoms with E-state index in [-0.39, 0.29) is 5.56 Å². The Kier molecular flexibility index (Phi) is 3.03. The number of benzene rings is 2. The number of anilines is 1. The number of halogens is 3. The Morgan fingerprint density at radius 1 is 1.00 bits per heavy atom. The molecule has 0 bridgehead atoms. The molecular formula is C13H10ClF2N. The molecule has 0 aliphatic rings. The third-order valence-electron chi connectivity index (χ3n) is 2.55. The topological polar surface area (TPSA) is 26.0 Å². The van der Waals surface area contributed by atoms with Crippen LogP contribution in [0.25, 0.3) is 11.1 Å². The van der Waals surface area contributed by atoms with E-state index < -0.39 is 11.6 Å². The van der Waals surface area contributed by atoms with Crippen molar-refractivity contribution in [1.29, 1.82) is 0 Å². The van der Waals surface area contributed by atoms with Gasteiger partial charge in [0.1, 0.15) is 11.6 Å². The van der Waals surface area contributed by atoms with Gasteiger partial charge < -0.3 is 5.73 Å². The molecule has 0 saturated heterocycles. The van der Waals surface area contributed by atoms with Crippen molar-refractivity contribution >= 4 is 17.3 Å². The van der Waals surface area contributed by atoms with E-state index in [0.29, 0.717) is 21.8 Å². The van der Waals surface area contributed by atoms with Crippen molar-refractivity contribution in [3.63, 3.8) is 0 Å². The van der Waals surface area contributed by atoms with Crippen molar-refractivity contribution in [3.05, 3.63) is 52.6 Å². The predicted octanol–water partition coefficient (Wildman–Crippen LogP) is 4.18. The van der Waals surface area contributed by atoms with Gasteiger partial charge >= 0.3 is 0 Å². The summed E-state index contributed by atoms with van der Waals surface area (Å²) in [5.41, 5.74) is 7.29. The summed E-state index contributed by atoms with van der Waals surface area (Å²) >= 11 is 5.77. The van der Waals surface area contributed by atoms with Crippen LogP contribution in [0.3, 0.4) is 0 Å². The maximum absolute atomic E-state index is 13.7. The normalized spacial score (nSPS) is 10.6. The summed E-state index contributed by atoms with van der Waals surface area (Å²) in [6.45, 7) is 1.57. The fourth-order valence-electron chi connectivity index (χ4n) is 1.64. The van der Waals surface area contributed by atoms with Crippen LogP contribution in [0, 0.1) is 18.6 Å². The Hall–Kier alpha value is -1.61. The molecule has 0 radical (unpaired) electrons. The average Bonchev–Trinajstić information content (AvgIpc) is 2.24. The molecule has 4 heteroatoms. The van der Waals surface area contributed by atoms with Crippen LogP contribution in [-0.4, -0.2) is 0 Å². The largest absolute Gasteiger partial charge is 0.398 e. The first-order valence-electron chi connectivity index (χ1n) is 5.00. The van der Waals surface area contributed by atoms with Crippen molar-refractivity contribution in [2.24, 2.45) is 0 Å². The quantitative estimate of drug-likeness (QED) is 0.758. The van der Waals surface area contributed by atoms with Crippen LogP contribution in [0.1, 0.15) is 5.56 Å². The summed E-state index contributed by atoms with van der Waals surface area (Å²) < 4.78 is 26.8. The van der Waals surface area contributed by atoms with Crippen LogP contribution < -0.4 is 5.73 Å². The summed E-state index contributed by atoms with van der Waals surface area (Å²) in [6, 6.07) is 7.07. The SMILES string of the molecule is Cc1cc(-c2ccc(Cl)cc2N)c(F)cc1F. The summed E-state index contributed by atoms with van der Waals surface area (Å²) in [7, 11) is 0. The van der Waals surface area contributed by atoms with E-state index in [1.165, 1.54) is 12.1 Å². The predicted molar refractivity (Wildman–Crippen MR) is 66.0 cm³/mol. The molecule has 88 valence electrons. The molecule has 0 heterocycles. The zero-order valence-corrected chi connectivity index (χ0v) is 9.85. The minimum Gasteiger partial charge on any atom is -0.398 e. The lowest BCUT2D eigenvalue weighted by molar-refractivity contribution is 0.579. The van der Waals surface area contributed by atoms with Gasteiger partial charge in [0.2, 0.25) is 0 Å². The molecule has 0 fully saturated rings. The van der Waals surface area contributed by atoms with Crippen LogP contribution in [0.15, 0.2) is 30.3 Å². The molecule has 0 aliphatic carbocycles. The van der Waals surface area contributed by atoms with Gasteiger partial charge in [-0.25, -0.2) is 8.78 Å². The highest BCUT2D eigenvalue weighted by Gasteiger charge is 2.11. The van der Waals surface area contributed by atoms with E-state index in [1.54, 1.807) is 19.1 Å². The number of hydrogen-bond acceptors (Lipinski definition) is 1. The smallest absolute Gasteiger partial charge is 0.134 e. The number of aryl methyl sites for hydroxylation is 1. The van der Waals surface area contributed by atoms with E-state index in [2.05, 4.69) is 0 Å². The summed E-state index contributed by atoms with van der Waals surface area (Å²) in [6.07, 6.45) is 0. The molecular weight excluding hydrogens is 244 g/mol. The molecule has 2 aromatic carbocycles. The zero-order chi connectivity index (χ0) is 12.6. The van der Waals surface area contributed by atoms with Crippen LogP contribution in [0.5, 0.6) is 0 Å². The summed E-state index contributed by atoms with van der Waals surface area (Å²) in [5, 5.41) is 0.477. The van der Waals surface area contributed by atoms with E-state index >= 15 is 0 Å². The standard InChI is InChI=1S/C13H10ClF2N/c1-7-4-10(12(16)6-11(7)15)9-3-2-8(14)5-13(9)17/h2-6H,17H2,1H3. The maximum atomic E-state index is 13.7. The van der Waals surface area contributed by atoms with Crippen LogP contribution in [0.2, 0.25) is 5.02 Å². The minimum absolute atomic E-state index is 0.276. The summed E-state index contributed by atoms with van der Waals surface area (Å²) in [4.78, 5) is 0. The Morgan fingerprint density at radius 3 is 2.35 bits per heavy atom. The lowest BCUT2D eigenvalue weighted by Gasteiger charge is -2.09. The van der Waals surface area contributed by atoms with Crippen LogP contribution in [0.4, 0.5) is 14.5 Å². The highest BCUT2D eigenvalue weighted by molar-refractivity contribution is 6.31. The molecule has 0 amide bonds. The van der Waals surface area contributed by atoms with Gasteiger partial charge in [0, 0.05) is 27.9 Å². The number of nitrogen functional groups attached to an aromatic ring is 1. The molecule has 0 atom stereocenters. The molecule has 0 saturated carbocycles. The van der Waals surface area contributed by atoms with Gasteiger partial charge in [0.15, 0.2) is 0 Å². The van der Waals surface area contributed by atoms with Crippen molar-refractivity contribution in [2.75, 3.05) is 5.73 Å². The number of nitrogens with two attached hydrogens (primary N) is 1. The molecule has 0 unspecified atom stereocenters. The lowest BCUT2D eigenvalue weighted by Crippen LogP contribution is -1.94. The van der Waals surface area contributed by atoms with E-state index in [1.807, 2.05) is 0 Å². The Bertz CT molecular complexity index is 582. The van der Waals surface area contributed by atoms with Crippen molar-refractivity contribution in [3.8, 4) is 11.1 Å². The second-order valence-electron chi connectivity index (χ2n) is 3.81. The zero-order valence-electron chi connectivity index (χ0n) is 9.10. The van der Waals surface area contributed by atoms with Crippen molar-refractivity contribution in [1.82, 2.24) is 0 Å². The van der Waals surface area contributed by atoms with Gasteiger partial charge in [0.25, 0.3) is 0 Å². The number of hydrogen-bond donors (Lipinski definition) is 1. The maximum Gasteiger partial charge on any atom is 0.134 e. The van der Waals surface area contributed by atoms with Crippen LogP contribution in [-0.2, 0) is 0 Å². The third-order valence-corrected chi connectivity index (χ3v) is 2.79. The average molecular weight is 254 g/mol. The van der Waals surface area contributed by atoms with Gasteiger partial charge in [-0.3, -0.25) is 0 Å². The molecule has 2 rings (SSSR count). The minimum atomic E-state index is -0.637. The fraction of sp³-hybridized carbons (Fsp3) is 0.0769. The molecule has 2 N–H and O–H groups in total. The van der Waals surface area contributed by atoms with E-state index in [9.17, 15) is 8.78 Å². The van der Waals surface area contributed by atoms with Gasteiger partial charge in [-0.2, -0.15) is 0 Å². The molecule has 0 aliphatic heterocycles. The van der Waals surface area contributed by atoms with Gasteiger partial charge in [-0.15, -0.1) is 0 Å². The highest BCUT2D eigenvalue weighted by Crippen LogP contribution is 2.31. The first-order chi connectivity index (χ1) is 7.99. The monoisotopic (exact) mass is 253 g/mol. The van der Waals surface area contributed by atoms with Gasteiger partial charge in [-0.05, 0) is 30.7 Å². The Morgan fingerprint density at radius 2 is 1.71 bits per heavy atom. The van der Waals surface area contributed by atoms with Crippen molar-refractivity contribution < 1.29 is 8.78 Å². The van der Waals surface area contributed by atoms with E-state index in [4.69, 9.17) is 17.3 Å². The van der Waals surface area contributed by atoms with Crippen LogP contribution >= 0.6 is 11.6 Å². The molecule has 17 heavy (non-hydrogen) atoms. The van der Waals surface area contributed by atoms with Gasteiger partial charge in [0.05, 0.1) is 0 Å². The Balaban J connectivity index is 2.64.